The summed E-state index contributed by atoms with van der Waals surface area (Å²) in [6, 6.07) is 7.14. The molecule has 0 bridgehead atoms. The Balaban J connectivity index is 1.66. The van der Waals surface area contributed by atoms with E-state index in [-0.39, 0.29) is 13.0 Å². The Kier molecular flexibility index (Phi) is 3.69. The van der Waals surface area contributed by atoms with E-state index in [0.29, 0.717) is 16.4 Å². The lowest BCUT2D eigenvalue weighted by Gasteiger charge is -2.32. The van der Waals surface area contributed by atoms with E-state index < -0.39 is 29.9 Å². The molecular formula is C17H19ClO6. The van der Waals surface area contributed by atoms with Crippen molar-refractivity contribution in [2.75, 3.05) is 6.61 Å². The monoisotopic (exact) mass is 354 g/mol. The molecule has 24 heavy (non-hydrogen) atoms. The summed E-state index contributed by atoms with van der Waals surface area (Å²) in [6.07, 6.45) is -2.12. The molecule has 4 atom stereocenters. The van der Waals surface area contributed by atoms with E-state index in [2.05, 4.69) is 0 Å². The third kappa shape index (κ3) is 2.54. The van der Waals surface area contributed by atoms with Crippen LogP contribution in [0.25, 0.3) is 11.0 Å². The van der Waals surface area contributed by atoms with Crippen molar-refractivity contribution in [1.82, 2.24) is 0 Å². The first-order valence-corrected chi connectivity index (χ1v) is 8.21. The van der Waals surface area contributed by atoms with Gasteiger partial charge in [-0.1, -0.05) is 11.6 Å². The Bertz CT molecular complexity index is 772. The van der Waals surface area contributed by atoms with Crippen molar-refractivity contribution in [3.8, 4) is 0 Å². The molecule has 0 radical (unpaired) electrons. The highest BCUT2D eigenvalue weighted by atomic mass is 35.5. The predicted octanol–water partition coefficient (Wildman–Crippen LogP) is 2.23. The van der Waals surface area contributed by atoms with Crippen molar-refractivity contribution in [1.29, 1.82) is 0 Å². The van der Waals surface area contributed by atoms with Crippen molar-refractivity contribution in [3.05, 3.63) is 35.0 Å². The number of aliphatic hydroxyl groups excluding tert-OH is 1. The number of hydrogen-bond acceptors (Lipinski definition) is 6. The summed E-state index contributed by atoms with van der Waals surface area (Å²) in [5, 5.41) is 22.3. The Hall–Kier alpha value is -1.15. The average Bonchev–Trinajstić information content (AvgIpc) is 3.09. The second-order valence-electron chi connectivity index (χ2n) is 6.79. The summed E-state index contributed by atoms with van der Waals surface area (Å²) in [4.78, 5) is 0. The van der Waals surface area contributed by atoms with Crippen molar-refractivity contribution < 1.29 is 28.8 Å². The van der Waals surface area contributed by atoms with Crippen LogP contribution in [0, 0.1) is 0 Å². The zero-order chi connectivity index (χ0) is 17.1. The van der Waals surface area contributed by atoms with Gasteiger partial charge < -0.3 is 28.8 Å². The van der Waals surface area contributed by atoms with Crippen LogP contribution in [0.3, 0.4) is 0 Å². The maximum atomic E-state index is 11.2. The lowest BCUT2D eigenvalue weighted by molar-refractivity contribution is -0.233. The number of furan rings is 1. The van der Waals surface area contributed by atoms with Crippen LogP contribution < -0.4 is 0 Å². The molecule has 7 heteroatoms. The summed E-state index contributed by atoms with van der Waals surface area (Å²) in [6.45, 7) is 3.17. The molecule has 0 unspecified atom stereocenters. The topological polar surface area (TPSA) is 81.3 Å². The molecule has 0 saturated carbocycles. The molecule has 2 saturated heterocycles. The highest BCUT2D eigenvalue weighted by molar-refractivity contribution is 6.31. The molecule has 0 aliphatic carbocycles. The molecular weight excluding hydrogens is 336 g/mol. The van der Waals surface area contributed by atoms with Crippen LogP contribution in [0.5, 0.6) is 0 Å². The van der Waals surface area contributed by atoms with Gasteiger partial charge in [0.05, 0.1) is 6.61 Å². The van der Waals surface area contributed by atoms with E-state index in [1.807, 2.05) is 6.07 Å². The molecule has 0 amide bonds. The maximum absolute atomic E-state index is 11.2. The van der Waals surface area contributed by atoms with Gasteiger partial charge in [0.2, 0.25) is 0 Å². The SMILES string of the molecule is CC1(C)O[C@@H]2O[C@H](CO)[C@](O)(Cc3cc4cc(Cl)ccc4o3)[C@H]2O1. The first-order chi connectivity index (χ1) is 11.3. The Morgan fingerprint density at radius 3 is 2.75 bits per heavy atom. The molecule has 2 N–H and O–H groups in total. The second-order valence-corrected chi connectivity index (χ2v) is 7.23. The highest BCUT2D eigenvalue weighted by Crippen LogP contribution is 2.44. The maximum Gasteiger partial charge on any atom is 0.190 e. The summed E-state index contributed by atoms with van der Waals surface area (Å²) in [5.74, 6) is -0.295. The van der Waals surface area contributed by atoms with Gasteiger partial charge >= 0.3 is 0 Å². The Morgan fingerprint density at radius 2 is 2.00 bits per heavy atom. The fourth-order valence-corrected chi connectivity index (χ4v) is 3.66. The third-order valence-electron chi connectivity index (χ3n) is 4.56. The van der Waals surface area contributed by atoms with Gasteiger partial charge in [0, 0.05) is 16.8 Å². The van der Waals surface area contributed by atoms with Gasteiger partial charge in [0.1, 0.15) is 29.2 Å². The standard InChI is InChI=1S/C17H19ClO6/c1-16(2)23-14-15(24-16)22-13(8-19)17(14,20)7-11-6-9-5-10(18)3-4-12(9)21-11/h3-6,13-15,19-20H,7-8H2,1-2H3/t13-,14+,15+,17-/m1/s1. The number of ether oxygens (including phenoxy) is 3. The van der Waals surface area contributed by atoms with Crippen LogP contribution in [0.2, 0.25) is 5.02 Å². The quantitative estimate of drug-likeness (QED) is 0.879. The van der Waals surface area contributed by atoms with Crippen molar-refractivity contribution in [2.45, 2.75) is 50.2 Å². The minimum Gasteiger partial charge on any atom is -0.461 e. The van der Waals surface area contributed by atoms with Crippen LogP contribution in [0.15, 0.2) is 28.7 Å². The zero-order valence-electron chi connectivity index (χ0n) is 13.4. The van der Waals surface area contributed by atoms with E-state index in [4.69, 9.17) is 30.2 Å². The number of fused-ring (bicyclic) bond motifs is 2. The minimum atomic E-state index is -1.45. The number of rotatable bonds is 3. The van der Waals surface area contributed by atoms with Crippen LogP contribution in [-0.4, -0.2) is 46.7 Å². The Labute approximate surface area is 143 Å². The van der Waals surface area contributed by atoms with Gasteiger partial charge in [-0.3, -0.25) is 0 Å². The van der Waals surface area contributed by atoms with Crippen LogP contribution >= 0.6 is 11.6 Å². The van der Waals surface area contributed by atoms with Gasteiger partial charge in [0.15, 0.2) is 12.1 Å². The van der Waals surface area contributed by atoms with E-state index in [1.54, 1.807) is 32.0 Å². The molecule has 2 fully saturated rings. The van der Waals surface area contributed by atoms with Crippen LogP contribution in [-0.2, 0) is 20.6 Å². The largest absolute Gasteiger partial charge is 0.461 e. The molecule has 4 rings (SSSR count). The molecule has 2 aliphatic heterocycles. The number of hydrogen-bond donors (Lipinski definition) is 2. The first-order valence-electron chi connectivity index (χ1n) is 7.83. The summed E-state index contributed by atoms with van der Waals surface area (Å²) in [7, 11) is 0. The molecule has 1 aromatic heterocycles. The molecule has 130 valence electrons. The van der Waals surface area contributed by atoms with Gasteiger partial charge in [-0.25, -0.2) is 0 Å². The van der Waals surface area contributed by atoms with E-state index in [9.17, 15) is 10.2 Å². The van der Waals surface area contributed by atoms with E-state index in [1.165, 1.54) is 0 Å². The summed E-state index contributed by atoms with van der Waals surface area (Å²) < 4.78 is 22.9. The molecule has 6 nitrogen and oxygen atoms in total. The van der Waals surface area contributed by atoms with E-state index in [0.717, 1.165) is 5.39 Å². The van der Waals surface area contributed by atoms with Gasteiger partial charge in [-0.2, -0.15) is 0 Å². The van der Waals surface area contributed by atoms with E-state index >= 15 is 0 Å². The van der Waals surface area contributed by atoms with Crippen LogP contribution in [0.1, 0.15) is 19.6 Å². The first kappa shape index (κ1) is 16.3. The predicted molar refractivity (Wildman–Crippen MR) is 85.7 cm³/mol. The van der Waals surface area contributed by atoms with Gasteiger partial charge in [-0.05, 0) is 38.1 Å². The van der Waals surface area contributed by atoms with Crippen molar-refractivity contribution in [3.63, 3.8) is 0 Å². The molecule has 2 aromatic rings. The van der Waals surface area contributed by atoms with Crippen molar-refractivity contribution >= 4 is 22.6 Å². The molecule has 1 aromatic carbocycles. The summed E-state index contributed by atoms with van der Waals surface area (Å²) in [5.41, 5.74) is -0.775. The lowest BCUT2D eigenvalue weighted by Crippen LogP contribution is -2.52. The normalized spacial score (nSPS) is 34.8. The number of benzene rings is 1. The highest BCUT2D eigenvalue weighted by Gasteiger charge is 2.63. The zero-order valence-corrected chi connectivity index (χ0v) is 14.1. The second kappa shape index (κ2) is 5.42. The van der Waals surface area contributed by atoms with Crippen LogP contribution in [0.4, 0.5) is 0 Å². The fourth-order valence-electron chi connectivity index (χ4n) is 3.48. The van der Waals surface area contributed by atoms with Gasteiger partial charge in [0.25, 0.3) is 0 Å². The average molecular weight is 355 g/mol. The van der Waals surface area contributed by atoms with Gasteiger partial charge in [-0.15, -0.1) is 0 Å². The van der Waals surface area contributed by atoms with Crippen molar-refractivity contribution in [2.24, 2.45) is 0 Å². The lowest BCUT2D eigenvalue weighted by atomic mass is 9.88. The summed E-state index contributed by atoms with van der Waals surface area (Å²) >= 11 is 5.99. The number of aliphatic hydroxyl groups is 2. The Morgan fingerprint density at radius 1 is 1.21 bits per heavy atom. The molecule has 2 aliphatic rings. The minimum absolute atomic E-state index is 0.130. The smallest absolute Gasteiger partial charge is 0.190 e. The third-order valence-corrected chi connectivity index (χ3v) is 4.79. The fraction of sp³-hybridized carbons (Fsp3) is 0.529. The number of halogens is 1. The molecule has 3 heterocycles. The molecule has 0 spiro atoms.